The van der Waals surface area contributed by atoms with Gasteiger partial charge < -0.3 is 9.64 Å². The summed E-state index contributed by atoms with van der Waals surface area (Å²) in [5.41, 5.74) is 1.46. The number of anilines is 1. The van der Waals surface area contributed by atoms with Crippen LogP contribution in [0.4, 0.5) is 10.1 Å². The lowest BCUT2D eigenvalue weighted by atomic mass is 10.2. The van der Waals surface area contributed by atoms with E-state index in [0.717, 1.165) is 18.2 Å². The summed E-state index contributed by atoms with van der Waals surface area (Å²) in [5.74, 6) is -0.701. The third kappa shape index (κ3) is 3.86. The first-order valence-corrected chi connectivity index (χ1v) is 9.61. The van der Waals surface area contributed by atoms with Crippen LogP contribution < -0.4 is 14.4 Å². The molecule has 1 aliphatic heterocycles. The topological polar surface area (TPSA) is 75.7 Å². The first-order chi connectivity index (χ1) is 12.4. The maximum atomic E-state index is 13.8. The quantitative estimate of drug-likeness (QED) is 0.838. The zero-order valence-corrected chi connectivity index (χ0v) is 15.1. The molecule has 0 aliphatic carbocycles. The van der Waals surface area contributed by atoms with Crippen LogP contribution in [0.2, 0.25) is 0 Å². The molecule has 26 heavy (non-hydrogen) atoms. The molecule has 0 spiro atoms. The van der Waals surface area contributed by atoms with E-state index in [4.69, 9.17) is 4.74 Å². The Balaban J connectivity index is 1.74. The zero-order valence-electron chi connectivity index (χ0n) is 14.2. The van der Waals surface area contributed by atoms with Gasteiger partial charge in [-0.2, -0.15) is 0 Å². The van der Waals surface area contributed by atoms with Crippen molar-refractivity contribution in [2.75, 3.05) is 18.6 Å². The Hall–Kier alpha value is -2.45. The van der Waals surface area contributed by atoms with Crippen LogP contribution in [-0.4, -0.2) is 28.0 Å². The van der Waals surface area contributed by atoms with Crippen molar-refractivity contribution in [3.05, 3.63) is 53.8 Å². The van der Waals surface area contributed by atoms with Gasteiger partial charge in [0.15, 0.2) is 11.6 Å². The molecule has 0 saturated carbocycles. The highest BCUT2D eigenvalue weighted by molar-refractivity contribution is 7.89. The van der Waals surface area contributed by atoms with E-state index in [1.165, 1.54) is 19.2 Å². The van der Waals surface area contributed by atoms with E-state index in [1.54, 1.807) is 23.1 Å². The van der Waals surface area contributed by atoms with Crippen LogP contribution in [0, 0.1) is 5.82 Å². The lowest BCUT2D eigenvalue weighted by Gasteiger charge is -2.16. The van der Waals surface area contributed by atoms with E-state index in [1.807, 2.05) is 6.07 Å². The largest absolute Gasteiger partial charge is 0.494 e. The summed E-state index contributed by atoms with van der Waals surface area (Å²) < 4.78 is 45.7. The van der Waals surface area contributed by atoms with Gasteiger partial charge in [0.2, 0.25) is 15.9 Å². The summed E-state index contributed by atoms with van der Waals surface area (Å²) in [5, 5.41) is 0. The van der Waals surface area contributed by atoms with Crippen molar-refractivity contribution in [1.29, 1.82) is 0 Å². The smallest absolute Gasteiger partial charge is 0.240 e. The van der Waals surface area contributed by atoms with Gasteiger partial charge in [-0.3, -0.25) is 4.79 Å². The van der Waals surface area contributed by atoms with Gasteiger partial charge in [0.05, 0.1) is 12.0 Å². The van der Waals surface area contributed by atoms with Crippen molar-refractivity contribution >= 4 is 21.6 Å². The standard InChI is InChI=1S/C18H19FN2O4S/c1-25-17-8-7-15(11-16(17)19)26(23,24)20-12-13-4-2-5-14(10-13)21-9-3-6-18(21)22/h2,4-5,7-8,10-11,20H,3,6,9,12H2,1H3. The third-order valence-corrected chi connectivity index (χ3v) is 5.59. The van der Waals surface area contributed by atoms with Crippen LogP contribution >= 0.6 is 0 Å². The number of halogens is 1. The maximum Gasteiger partial charge on any atom is 0.240 e. The molecule has 1 heterocycles. The molecule has 0 aromatic heterocycles. The molecule has 1 aliphatic rings. The average molecular weight is 378 g/mol. The summed E-state index contributed by atoms with van der Waals surface area (Å²) in [7, 11) is -2.57. The van der Waals surface area contributed by atoms with Crippen molar-refractivity contribution in [3.8, 4) is 5.75 Å². The van der Waals surface area contributed by atoms with Gasteiger partial charge in [-0.05, 0) is 42.3 Å². The summed E-state index contributed by atoms with van der Waals surface area (Å²) in [6, 6.07) is 10.6. The van der Waals surface area contributed by atoms with Crippen molar-refractivity contribution in [3.63, 3.8) is 0 Å². The number of carbonyl (C=O) groups excluding carboxylic acids is 1. The minimum atomic E-state index is -3.87. The van der Waals surface area contributed by atoms with Crippen LogP contribution in [0.15, 0.2) is 47.4 Å². The van der Waals surface area contributed by atoms with Crippen LogP contribution in [0.1, 0.15) is 18.4 Å². The monoisotopic (exact) mass is 378 g/mol. The Morgan fingerprint density at radius 2 is 2.04 bits per heavy atom. The van der Waals surface area contributed by atoms with E-state index in [2.05, 4.69) is 4.72 Å². The number of sulfonamides is 1. The molecule has 0 bridgehead atoms. The molecule has 8 heteroatoms. The Labute approximate surface area is 151 Å². The molecule has 6 nitrogen and oxygen atoms in total. The van der Waals surface area contributed by atoms with Gasteiger partial charge in [-0.25, -0.2) is 17.5 Å². The highest BCUT2D eigenvalue weighted by Gasteiger charge is 2.22. The number of hydrogen-bond acceptors (Lipinski definition) is 4. The lowest BCUT2D eigenvalue weighted by molar-refractivity contribution is -0.117. The molecule has 0 unspecified atom stereocenters. The number of rotatable bonds is 6. The van der Waals surface area contributed by atoms with Crippen LogP contribution in [-0.2, 0) is 21.4 Å². The predicted octanol–water partition coefficient (Wildman–Crippen LogP) is 2.44. The zero-order chi connectivity index (χ0) is 18.7. The minimum Gasteiger partial charge on any atom is -0.494 e. The molecular formula is C18H19FN2O4S. The molecule has 0 radical (unpaired) electrons. The number of ether oxygens (including phenoxy) is 1. The molecule has 1 N–H and O–H groups in total. The van der Waals surface area contributed by atoms with E-state index in [0.29, 0.717) is 18.5 Å². The first kappa shape index (κ1) is 18.3. The molecule has 3 rings (SSSR count). The normalized spacial score (nSPS) is 14.7. The number of carbonyl (C=O) groups is 1. The molecule has 1 fully saturated rings. The number of amides is 1. The van der Waals surface area contributed by atoms with Gasteiger partial charge >= 0.3 is 0 Å². The Morgan fingerprint density at radius 3 is 2.69 bits per heavy atom. The fraction of sp³-hybridized carbons (Fsp3) is 0.278. The highest BCUT2D eigenvalue weighted by Crippen LogP contribution is 2.23. The summed E-state index contributed by atoms with van der Waals surface area (Å²) in [6.07, 6.45) is 1.35. The molecule has 138 valence electrons. The Bertz CT molecular complexity index is 931. The van der Waals surface area contributed by atoms with Gasteiger partial charge in [-0.1, -0.05) is 12.1 Å². The molecule has 0 atom stereocenters. The van der Waals surface area contributed by atoms with Gasteiger partial charge in [0.1, 0.15) is 0 Å². The van der Waals surface area contributed by atoms with Crippen molar-refractivity contribution in [2.24, 2.45) is 0 Å². The van der Waals surface area contributed by atoms with Crippen LogP contribution in [0.5, 0.6) is 5.75 Å². The Kier molecular flexibility index (Phi) is 5.24. The summed E-state index contributed by atoms with van der Waals surface area (Å²) in [4.78, 5) is 13.4. The highest BCUT2D eigenvalue weighted by atomic mass is 32.2. The number of methoxy groups -OCH3 is 1. The van der Waals surface area contributed by atoms with Gasteiger partial charge in [-0.15, -0.1) is 0 Å². The second-order valence-electron chi connectivity index (χ2n) is 5.94. The first-order valence-electron chi connectivity index (χ1n) is 8.13. The van der Waals surface area contributed by atoms with E-state index in [-0.39, 0.29) is 23.1 Å². The summed E-state index contributed by atoms with van der Waals surface area (Å²) in [6.45, 7) is 0.699. The van der Waals surface area contributed by atoms with Crippen molar-refractivity contribution in [1.82, 2.24) is 4.72 Å². The number of hydrogen-bond donors (Lipinski definition) is 1. The van der Waals surface area contributed by atoms with Crippen molar-refractivity contribution in [2.45, 2.75) is 24.3 Å². The van der Waals surface area contributed by atoms with Crippen LogP contribution in [0.3, 0.4) is 0 Å². The van der Waals surface area contributed by atoms with Gasteiger partial charge in [0.25, 0.3) is 0 Å². The van der Waals surface area contributed by atoms with Crippen molar-refractivity contribution < 1.29 is 22.3 Å². The van der Waals surface area contributed by atoms with Gasteiger partial charge in [0, 0.05) is 25.2 Å². The SMILES string of the molecule is COc1ccc(S(=O)(=O)NCc2cccc(N3CCCC3=O)c2)cc1F. The van der Waals surface area contributed by atoms with E-state index in [9.17, 15) is 17.6 Å². The number of nitrogens with zero attached hydrogens (tertiary/aromatic N) is 1. The number of nitrogens with one attached hydrogen (secondary N) is 1. The summed E-state index contributed by atoms with van der Waals surface area (Å²) >= 11 is 0. The molecule has 2 aromatic carbocycles. The van der Waals surface area contributed by atoms with E-state index < -0.39 is 15.8 Å². The maximum absolute atomic E-state index is 13.8. The number of benzene rings is 2. The molecule has 1 amide bonds. The molecule has 1 saturated heterocycles. The fourth-order valence-electron chi connectivity index (χ4n) is 2.83. The molecule has 2 aromatic rings. The van der Waals surface area contributed by atoms with Crippen LogP contribution in [0.25, 0.3) is 0 Å². The third-order valence-electron chi connectivity index (χ3n) is 4.20. The van der Waals surface area contributed by atoms with E-state index >= 15 is 0 Å². The lowest BCUT2D eigenvalue weighted by Crippen LogP contribution is -2.25. The second kappa shape index (κ2) is 7.43. The molecular weight excluding hydrogens is 359 g/mol. The second-order valence-corrected chi connectivity index (χ2v) is 7.71. The minimum absolute atomic E-state index is 0.0214. The fourth-order valence-corrected chi connectivity index (χ4v) is 3.86. The average Bonchev–Trinajstić information content (AvgIpc) is 3.06. The Morgan fingerprint density at radius 1 is 1.23 bits per heavy atom. The predicted molar refractivity (Wildman–Crippen MR) is 95.0 cm³/mol.